The Hall–Kier alpha value is -3.64. The molecule has 10 heteroatoms. The van der Waals surface area contributed by atoms with Crippen LogP contribution in [0, 0.1) is 11.3 Å². The highest BCUT2D eigenvalue weighted by molar-refractivity contribution is 6.34. The molecular formula is C19H16ClN5O4. The van der Waals surface area contributed by atoms with Crippen LogP contribution in [0.1, 0.15) is 28.9 Å². The molecule has 2 aromatic rings. The van der Waals surface area contributed by atoms with Gasteiger partial charge in [-0.15, -0.1) is 0 Å². The van der Waals surface area contributed by atoms with Gasteiger partial charge in [0.1, 0.15) is 11.8 Å². The van der Waals surface area contributed by atoms with Crippen LogP contribution in [0.4, 0.5) is 21.9 Å². The number of halogens is 1. The van der Waals surface area contributed by atoms with Crippen LogP contribution in [0.15, 0.2) is 30.5 Å². The van der Waals surface area contributed by atoms with E-state index in [4.69, 9.17) is 22.0 Å². The van der Waals surface area contributed by atoms with E-state index in [1.54, 1.807) is 6.07 Å². The number of Topliss-reactive ketones (excluding diaryl/α,β-unsaturated/α-hetero) is 1. The number of hydrogen-bond donors (Lipinski definition) is 3. The number of carbonyl (C=O) groups is 3. The van der Waals surface area contributed by atoms with E-state index in [0.717, 1.165) is 19.5 Å². The fourth-order valence-corrected chi connectivity index (χ4v) is 3.07. The summed E-state index contributed by atoms with van der Waals surface area (Å²) in [5.41, 5.74) is 1.21. The Morgan fingerprint density at radius 2 is 1.93 bits per heavy atom. The van der Waals surface area contributed by atoms with Gasteiger partial charge in [0.15, 0.2) is 5.78 Å². The van der Waals surface area contributed by atoms with Crippen molar-refractivity contribution in [1.82, 2.24) is 4.98 Å². The summed E-state index contributed by atoms with van der Waals surface area (Å²) in [6.07, 6.45) is 0.537. The van der Waals surface area contributed by atoms with Crippen molar-refractivity contribution in [1.29, 1.82) is 5.26 Å². The van der Waals surface area contributed by atoms with Gasteiger partial charge in [-0.1, -0.05) is 11.6 Å². The van der Waals surface area contributed by atoms with E-state index in [-0.39, 0.29) is 22.6 Å². The summed E-state index contributed by atoms with van der Waals surface area (Å²) in [7, 11) is 0. The van der Waals surface area contributed by atoms with Crippen LogP contribution < -0.4 is 15.5 Å². The number of carboxylic acid groups (broad SMARTS) is 1. The summed E-state index contributed by atoms with van der Waals surface area (Å²) in [5, 5.41) is 23.1. The number of nitrogens with zero attached hydrogens (tertiary/aromatic N) is 3. The first-order chi connectivity index (χ1) is 13.9. The lowest BCUT2D eigenvalue weighted by atomic mass is 10.1. The molecule has 1 saturated heterocycles. The summed E-state index contributed by atoms with van der Waals surface area (Å²) >= 11 is 6.29. The minimum Gasteiger partial charge on any atom is -0.465 e. The smallest absolute Gasteiger partial charge is 0.409 e. The van der Waals surface area contributed by atoms with Crippen LogP contribution in [0.2, 0.25) is 5.02 Å². The zero-order valence-corrected chi connectivity index (χ0v) is 15.9. The Kier molecular flexibility index (Phi) is 5.95. The monoisotopic (exact) mass is 413 g/mol. The highest BCUT2D eigenvalue weighted by Crippen LogP contribution is 2.37. The van der Waals surface area contributed by atoms with Gasteiger partial charge in [0.25, 0.3) is 0 Å². The number of aromatic nitrogens is 1. The molecule has 9 nitrogen and oxygen atoms in total. The van der Waals surface area contributed by atoms with Crippen molar-refractivity contribution in [2.75, 3.05) is 28.6 Å². The number of ketones is 1. The molecule has 0 atom stereocenters. The lowest BCUT2D eigenvalue weighted by molar-refractivity contribution is -0.115. The molecule has 0 aliphatic carbocycles. The van der Waals surface area contributed by atoms with Gasteiger partial charge in [0, 0.05) is 24.8 Å². The quantitative estimate of drug-likeness (QED) is 0.489. The zero-order chi connectivity index (χ0) is 21.0. The van der Waals surface area contributed by atoms with Gasteiger partial charge in [0.2, 0.25) is 5.91 Å². The molecule has 0 spiro atoms. The van der Waals surface area contributed by atoms with E-state index in [9.17, 15) is 14.4 Å². The Labute approximate surface area is 170 Å². The second kappa shape index (κ2) is 8.58. The van der Waals surface area contributed by atoms with Crippen molar-refractivity contribution in [3.8, 4) is 6.07 Å². The molecule has 1 aliphatic rings. The fraction of sp³-hybridized carbons (Fsp3) is 0.211. The van der Waals surface area contributed by atoms with E-state index in [1.807, 2.05) is 11.0 Å². The molecule has 1 aliphatic heterocycles. The summed E-state index contributed by atoms with van der Waals surface area (Å²) < 4.78 is 0. The first-order valence-corrected chi connectivity index (χ1v) is 9.03. The third-order valence-electron chi connectivity index (χ3n) is 4.32. The Morgan fingerprint density at radius 1 is 1.21 bits per heavy atom. The van der Waals surface area contributed by atoms with Gasteiger partial charge >= 0.3 is 6.09 Å². The van der Waals surface area contributed by atoms with E-state index >= 15 is 0 Å². The largest absolute Gasteiger partial charge is 0.465 e. The third kappa shape index (κ3) is 4.80. The summed E-state index contributed by atoms with van der Waals surface area (Å²) in [6, 6.07) is 7.53. The van der Waals surface area contributed by atoms with Gasteiger partial charge in [-0.2, -0.15) is 5.26 Å². The van der Waals surface area contributed by atoms with Crippen molar-refractivity contribution in [2.24, 2.45) is 0 Å². The molecule has 1 fully saturated rings. The van der Waals surface area contributed by atoms with Crippen LogP contribution >= 0.6 is 11.6 Å². The van der Waals surface area contributed by atoms with Crippen LogP contribution in [-0.2, 0) is 4.79 Å². The maximum atomic E-state index is 12.3. The average Bonchev–Trinajstić information content (AvgIpc) is 2.63. The molecule has 1 aromatic carbocycles. The lowest BCUT2D eigenvalue weighted by Crippen LogP contribution is -2.37. The number of amides is 2. The molecule has 148 valence electrons. The second-order valence-corrected chi connectivity index (χ2v) is 6.72. The highest BCUT2D eigenvalue weighted by atomic mass is 35.5. The van der Waals surface area contributed by atoms with Gasteiger partial charge in [-0.3, -0.25) is 14.9 Å². The summed E-state index contributed by atoms with van der Waals surface area (Å²) in [4.78, 5) is 41.5. The van der Waals surface area contributed by atoms with Crippen LogP contribution in [0.3, 0.4) is 0 Å². The predicted molar refractivity (Wildman–Crippen MR) is 106 cm³/mol. The van der Waals surface area contributed by atoms with E-state index in [2.05, 4.69) is 15.6 Å². The molecule has 0 radical (unpaired) electrons. The standard InChI is InChI=1S/C19H16ClN5O4/c20-13-7-14(15(24-19(28)29)8-16(13)25-4-1-5-25)23-18(27)9-17(26)11-2-3-22-12(6-11)10-21/h2-3,6-8,24H,1,4-5,9H2,(H,23,27)(H,28,29). The second-order valence-electron chi connectivity index (χ2n) is 6.31. The van der Waals surface area contributed by atoms with Crippen molar-refractivity contribution in [2.45, 2.75) is 12.8 Å². The number of hydrogen-bond acceptors (Lipinski definition) is 6. The normalized spacial score (nSPS) is 12.5. The number of carbonyl (C=O) groups excluding carboxylic acids is 2. The molecule has 2 amide bonds. The first kappa shape index (κ1) is 20.1. The van der Waals surface area contributed by atoms with Crippen molar-refractivity contribution in [3.63, 3.8) is 0 Å². The summed E-state index contributed by atoms with van der Waals surface area (Å²) in [6.45, 7) is 1.62. The zero-order valence-electron chi connectivity index (χ0n) is 15.1. The Balaban J connectivity index is 1.77. The van der Waals surface area contributed by atoms with Gasteiger partial charge in [0.05, 0.1) is 28.5 Å². The average molecular weight is 414 g/mol. The molecule has 3 rings (SSSR count). The van der Waals surface area contributed by atoms with E-state index in [1.165, 1.54) is 24.4 Å². The molecular weight excluding hydrogens is 398 g/mol. The third-order valence-corrected chi connectivity index (χ3v) is 4.62. The fourth-order valence-electron chi connectivity index (χ4n) is 2.79. The number of pyridine rings is 1. The molecule has 29 heavy (non-hydrogen) atoms. The van der Waals surface area contributed by atoms with Crippen LogP contribution in [0.5, 0.6) is 0 Å². The first-order valence-electron chi connectivity index (χ1n) is 8.65. The molecule has 0 bridgehead atoms. The SMILES string of the molecule is N#Cc1cc(C(=O)CC(=O)Nc2cc(Cl)c(N3CCC3)cc2NC(=O)O)ccn1. The van der Waals surface area contributed by atoms with Crippen LogP contribution in [0.25, 0.3) is 0 Å². The van der Waals surface area contributed by atoms with Gasteiger partial charge in [-0.05, 0) is 30.7 Å². The number of nitrogens with one attached hydrogen (secondary N) is 2. The number of anilines is 3. The molecule has 0 unspecified atom stereocenters. The maximum Gasteiger partial charge on any atom is 0.409 e. The Morgan fingerprint density at radius 3 is 2.55 bits per heavy atom. The van der Waals surface area contributed by atoms with E-state index < -0.39 is 24.2 Å². The highest BCUT2D eigenvalue weighted by Gasteiger charge is 2.21. The van der Waals surface area contributed by atoms with E-state index in [0.29, 0.717) is 10.7 Å². The number of nitriles is 1. The van der Waals surface area contributed by atoms with Crippen LogP contribution in [-0.4, -0.2) is 41.0 Å². The predicted octanol–water partition coefficient (Wildman–Crippen LogP) is 3.12. The minimum absolute atomic E-state index is 0.0672. The number of benzene rings is 1. The Bertz CT molecular complexity index is 1030. The molecule has 3 N–H and O–H groups in total. The molecule has 0 saturated carbocycles. The van der Waals surface area contributed by atoms with Crippen molar-refractivity contribution < 1.29 is 19.5 Å². The molecule has 2 heterocycles. The van der Waals surface area contributed by atoms with Gasteiger partial charge < -0.3 is 15.3 Å². The minimum atomic E-state index is -1.30. The van der Waals surface area contributed by atoms with Gasteiger partial charge in [-0.25, -0.2) is 9.78 Å². The van der Waals surface area contributed by atoms with Crippen molar-refractivity contribution in [3.05, 3.63) is 46.7 Å². The molecule has 1 aromatic heterocycles. The topological polar surface area (TPSA) is 135 Å². The summed E-state index contributed by atoms with van der Waals surface area (Å²) in [5.74, 6) is -1.15. The maximum absolute atomic E-state index is 12.3. The van der Waals surface area contributed by atoms with Crippen molar-refractivity contribution >= 4 is 46.4 Å². The number of rotatable bonds is 6. The lowest BCUT2D eigenvalue weighted by Gasteiger charge is -2.34.